The van der Waals surface area contributed by atoms with Crippen molar-refractivity contribution in [2.45, 2.75) is 31.2 Å². The molecule has 1 N–H and O–H groups in total. The maximum Gasteiger partial charge on any atom is 0.241 e. The number of hydrogen-bond donors (Lipinski definition) is 1. The Morgan fingerprint density at radius 1 is 1.28 bits per heavy atom. The molecule has 0 aliphatic rings. The zero-order valence-electron chi connectivity index (χ0n) is 10.7. The van der Waals surface area contributed by atoms with Crippen LogP contribution in [-0.4, -0.2) is 20.6 Å². The molecule has 0 aromatic heterocycles. The second kappa shape index (κ2) is 5.42. The number of nitrogens with one attached hydrogen (secondary N) is 1. The Morgan fingerprint density at radius 3 is 2.28 bits per heavy atom. The minimum Gasteiger partial charge on any atom is -0.481 e. The van der Waals surface area contributed by atoms with Gasteiger partial charge in [0, 0.05) is 5.54 Å². The van der Waals surface area contributed by atoms with E-state index in [1.54, 1.807) is 32.9 Å². The lowest BCUT2D eigenvalue weighted by Gasteiger charge is -2.20. The predicted molar refractivity (Wildman–Crippen MR) is 70.8 cm³/mol. The standard InChI is InChI=1S/C13H17NO3S/c1-5-10-17-11-6-8-12(9-7-11)18(15,16)14-13(2,3)4/h1,6-9,14H,10H2,2-4H3. The van der Waals surface area contributed by atoms with E-state index in [9.17, 15) is 8.42 Å². The SMILES string of the molecule is C#CCOc1ccc(S(=O)(=O)NC(C)(C)C)cc1. The Kier molecular flexibility index (Phi) is 4.38. The first-order valence-corrected chi connectivity index (χ1v) is 6.93. The Morgan fingerprint density at radius 2 is 1.83 bits per heavy atom. The summed E-state index contributed by atoms with van der Waals surface area (Å²) in [7, 11) is -3.50. The van der Waals surface area contributed by atoms with E-state index >= 15 is 0 Å². The molecule has 18 heavy (non-hydrogen) atoms. The average Bonchev–Trinajstić information content (AvgIpc) is 2.23. The molecule has 0 heterocycles. The van der Waals surface area contributed by atoms with Crippen molar-refractivity contribution in [3.8, 4) is 18.1 Å². The van der Waals surface area contributed by atoms with Crippen molar-refractivity contribution in [3.63, 3.8) is 0 Å². The fourth-order valence-corrected chi connectivity index (χ4v) is 2.72. The maximum atomic E-state index is 12.0. The van der Waals surface area contributed by atoms with Gasteiger partial charge in [-0.2, -0.15) is 0 Å². The molecule has 0 bridgehead atoms. The summed E-state index contributed by atoms with van der Waals surface area (Å²) in [4.78, 5) is 0.200. The molecule has 0 unspecified atom stereocenters. The van der Waals surface area contributed by atoms with Gasteiger partial charge >= 0.3 is 0 Å². The lowest BCUT2D eigenvalue weighted by atomic mass is 10.1. The third-order valence-electron chi connectivity index (χ3n) is 1.90. The molecule has 0 radical (unpaired) electrons. The Hall–Kier alpha value is -1.51. The molecule has 1 aromatic carbocycles. The second-order valence-electron chi connectivity index (χ2n) is 4.82. The van der Waals surface area contributed by atoms with Gasteiger partial charge in [0.15, 0.2) is 0 Å². The summed E-state index contributed by atoms with van der Waals surface area (Å²) in [6.07, 6.45) is 5.06. The first-order chi connectivity index (χ1) is 8.24. The van der Waals surface area contributed by atoms with Crippen LogP contribution < -0.4 is 9.46 Å². The molecule has 0 amide bonds. The van der Waals surface area contributed by atoms with Crippen molar-refractivity contribution >= 4 is 10.0 Å². The molecule has 0 saturated carbocycles. The van der Waals surface area contributed by atoms with E-state index in [0.29, 0.717) is 5.75 Å². The minimum atomic E-state index is -3.50. The molecule has 98 valence electrons. The molecular formula is C13H17NO3S. The zero-order chi connectivity index (χ0) is 13.8. The molecule has 0 atom stereocenters. The first kappa shape index (κ1) is 14.6. The van der Waals surface area contributed by atoms with E-state index in [-0.39, 0.29) is 11.5 Å². The van der Waals surface area contributed by atoms with E-state index in [1.165, 1.54) is 12.1 Å². The Bertz CT molecular complexity index is 533. The minimum absolute atomic E-state index is 0.159. The number of hydrogen-bond acceptors (Lipinski definition) is 3. The van der Waals surface area contributed by atoms with E-state index in [0.717, 1.165) is 0 Å². The normalized spacial score (nSPS) is 11.9. The molecule has 1 aromatic rings. The van der Waals surface area contributed by atoms with Crippen molar-refractivity contribution in [2.24, 2.45) is 0 Å². The van der Waals surface area contributed by atoms with Crippen LogP contribution in [0.25, 0.3) is 0 Å². The largest absolute Gasteiger partial charge is 0.481 e. The average molecular weight is 267 g/mol. The van der Waals surface area contributed by atoms with Crippen LogP contribution in [0.2, 0.25) is 0 Å². The van der Waals surface area contributed by atoms with Crippen molar-refractivity contribution in [2.75, 3.05) is 6.61 Å². The number of benzene rings is 1. The molecule has 0 saturated heterocycles. The quantitative estimate of drug-likeness (QED) is 0.846. The van der Waals surface area contributed by atoms with Crippen LogP contribution in [0.1, 0.15) is 20.8 Å². The number of ether oxygens (including phenoxy) is 1. The highest BCUT2D eigenvalue weighted by Gasteiger charge is 2.21. The maximum absolute atomic E-state index is 12.0. The van der Waals surface area contributed by atoms with Crippen molar-refractivity contribution in [1.29, 1.82) is 0 Å². The van der Waals surface area contributed by atoms with Crippen LogP contribution >= 0.6 is 0 Å². The van der Waals surface area contributed by atoms with Gasteiger partial charge in [-0.15, -0.1) is 6.42 Å². The van der Waals surface area contributed by atoms with Crippen LogP contribution in [0.3, 0.4) is 0 Å². The molecular weight excluding hydrogens is 250 g/mol. The van der Waals surface area contributed by atoms with Gasteiger partial charge in [-0.05, 0) is 45.0 Å². The molecule has 0 fully saturated rings. The third-order valence-corrected chi connectivity index (χ3v) is 3.67. The lowest BCUT2D eigenvalue weighted by Crippen LogP contribution is -2.40. The summed E-state index contributed by atoms with van der Waals surface area (Å²) in [5, 5.41) is 0. The van der Waals surface area contributed by atoms with E-state index < -0.39 is 15.6 Å². The summed E-state index contributed by atoms with van der Waals surface area (Å²) in [5.74, 6) is 2.88. The highest BCUT2D eigenvalue weighted by atomic mass is 32.2. The summed E-state index contributed by atoms with van der Waals surface area (Å²) < 4.78 is 31.7. The van der Waals surface area contributed by atoms with E-state index in [2.05, 4.69) is 10.6 Å². The van der Waals surface area contributed by atoms with Crippen molar-refractivity contribution in [1.82, 2.24) is 4.72 Å². The molecule has 0 aliphatic heterocycles. The third kappa shape index (κ3) is 4.40. The van der Waals surface area contributed by atoms with Gasteiger partial charge < -0.3 is 4.74 Å². The van der Waals surface area contributed by atoms with Crippen molar-refractivity contribution in [3.05, 3.63) is 24.3 Å². The fourth-order valence-electron chi connectivity index (χ4n) is 1.30. The molecule has 5 heteroatoms. The van der Waals surface area contributed by atoms with Crippen LogP contribution in [0, 0.1) is 12.3 Å². The monoisotopic (exact) mass is 267 g/mol. The topological polar surface area (TPSA) is 55.4 Å². The Balaban J connectivity index is 2.88. The number of sulfonamides is 1. The zero-order valence-corrected chi connectivity index (χ0v) is 11.5. The summed E-state index contributed by atoms with van der Waals surface area (Å²) >= 11 is 0. The van der Waals surface area contributed by atoms with Crippen LogP contribution in [0.5, 0.6) is 5.75 Å². The van der Waals surface area contributed by atoms with Crippen molar-refractivity contribution < 1.29 is 13.2 Å². The Labute approximate surface area is 108 Å². The fraction of sp³-hybridized carbons (Fsp3) is 0.385. The van der Waals surface area contributed by atoms with E-state index in [4.69, 9.17) is 11.2 Å². The van der Waals surface area contributed by atoms with Crippen LogP contribution in [-0.2, 0) is 10.0 Å². The van der Waals surface area contributed by atoms with Crippen LogP contribution in [0.4, 0.5) is 0 Å². The number of terminal acetylenes is 1. The molecule has 4 nitrogen and oxygen atoms in total. The highest BCUT2D eigenvalue weighted by Crippen LogP contribution is 2.17. The van der Waals surface area contributed by atoms with Gasteiger partial charge in [0.1, 0.15) is 12.4 Å². The second-order valence-corrected chi connectivity index (χ2v) is 6.50. The van der Waals surface area contributed by atoms with Gasteiger partial charge in [0.05, 0.1) is 4.90 Å². The summed E-state index contributed by atoms with van der Waals surface area (Å²) in [5.41, 5.74) is -0.516. The van der Waals surface area contributed by atoms with Gasteiger partial charge in [0.25, 0.3) is 0 Å². The van der Waals surface area contributed by atoms with Gasteiger partial charge in [-0.3, -0.25) is 0 Å². The predicted octanol–water partition coefficient (Wildman–Crippen LogP) is 1.78. The molecule has 0 aliphatic carbocycles. The van der Waals surface area contributed by atoms with E-state index in [1.807, 2.05) is 0 Å². The molecule has 0 spiro atoms. The van der Waals surface area contributed by atoms with Crippen LogP contribution in [0.15, 0.2) is 29.2 Å². The summed E-state index contributed by atoms with van der Waals surface area (Å²) in [6, 6.07) is 6.13. The lowest BCUT2D eigenvalue weighted by molar-refractivity contribution is 0.370. The smallest absolute Gasteiger partial charge is 0.241 e. The highest BCUT2D eigenvalue weighted by molar-refractivity contribution is 7.89. The van der Waals surface area contributed by atoms with Gasteiger partial charge in [0.2, 0.25) is 10.0 Å². The van der Waals surface area contributed by atoms with Gasteiger partial charge in [-0.1, -0.05) is 5.92 Å². The van der Waals surface area contributed by atoms with Gasteiger partial charge in [-0.25, -0.2) is 13.1 Å². The molecule has 1 rings (SSSR count). The first-order valence-electron chi connectivity index (χ1n) is 5.45. The summed E-state index contributed by atoms with van der Waals surface area (Å²) in [6.45, 7) is 5.52. The number of rotatable bonds is 4.